The number of ether oxygens (including phenoxy) is 2. The van der Waals surface area contributed by atoms with Gasteiger partial charge in [-0.05, 0) is 12.8 Å². The molecule has 1 fully saturated rings. The monoisotopic (exact) mass is 201 g/mol. The number of rotatable bonds is 3. The lowest BCUT2D eigenvalue weighted by Gasteiger charge is -2.23. The standard InChI is InChI=1S/C10H19NO3/c1-8(2)9(13-3)14-10(12)11-6-4-5-7-11/h8-9H,4-7H2,1-3H3. The molecule has 0 bridgehead atoms. The van der Waals surface area contributed by atoms with Crippen molar-refractivity contribution in [3.05, 3.63) is 0 Å². The van der Waals surface area contributed by atoms with Crippen molar-refractivity contribution in [2.45, 2.75) is 33.0 Å². The van der Waals surface area contributed by atoms with Gasteiger partial charge in [-0.25, -0.2) is 4.79 Å². The summed E-state index contributed by atoms with van der Waals surface area (Å²) in [5, 5.41) is 0. The quantitative estimate of drug-likeness (QED) is 0.654. The van der Waals surface area contributed by atoms with Crippen molar-refractivity contribution in [3.8, 4) is 0 Å². The van der Waals surface area contributed by atoms with Crippen LogP contribution >= 0.6 is 0 Å². The molecule has 1 amide bonds. The molecule has 0 aromatic carbocycles. The summed E-state index contributed by atoms with van der Waals surface area (Å²) < 4.78 is 10.3. The maximum atomic E-state index is 11.5. The average Bonchev–Trinajstić information content (AvgIpc) is 2.65. The second-order valence-corrected chi connectivity index (χ2v) is 3.93. The lowest BCUT2D eigenvalue weighted by Crippen LogP contribution is -2.34. The van der Waals surface area contributed by atoms with E-state index in [2.05, 4.69) is 0 Å². The Kier molecular flexibility index (Phi) is 4.20. The highest BCUT2D eigenvalue weighted by Crippen LogP contribution is 2.13. The van der Waals surface area contributed by atoms with Gasteiger partial charge in [-0.2, -0.15) is 0 Å². The van der Waals surface area contributed by atoms with Gasteiger partial charge in [-0.1, -0.05) is 13.8 Å². The van der Waals surface area contributed by atoms with E-state index in [1.165, 1.54) is 0 Å². The van der Waals surface area contributed by atoms with Crippen LogP contribution < -0.4 is 0 Å². The first kappa shape index (κ1) is 11.3. The van der Waals surface area contributed by atoms with E-state index in [1.54, 1.807) is 12.0 Å². The first-order valence-corrected chi connectivity index (χ1v) is 5.13. The minimum atomic E-state index is -0.428. The summed E-state index contributed by atoms with van der Waals surface area (Å²) in [4.78, 5) is 13.3. The fourth-order valence-electron chi connectivity index (χ4n) is 1.53. The van der Waals surface area contributed by atoms with E-state index in [4.69, 9.17) is 9.47 Å². The highest BCUT2D eigenvalue weighted by Gasteiger charge is 2.24. The molecule has 4 nitrogen and oxygen atoms in total. The first-order valence-electron chi connectivity index (χ1n) is 5.13. The van der Waals surface area contributed by atoms with Crippen LogP contribution in [-0.4, -0.2) is 37.5 Å². The lowest BCUT2D eigenvalue weighted by molar-refractivity contribution is -0.115. The van der Waals surface area contributed by atoms with Crippen LogP contribution in [0.1, 0.15) is 26.7 Å². The normalized spacial score (nSPS) is 18.7. The number of methoxy groups -OCH3 is 1. The van der Waals surface area contributed by atoms with Gasteiger partial charge in [0.1, 0.15) is 0 Å². The fourth-order valence-corrected chi connectivity index (χ4v) is 1.53. The molecule has 1 rings (SSSR count). The molecule has 4 heteroatoms. The molecular weight excluding hydrogens is 182 g/mol. The number of likely N-dealkylation sites (tertiary alicyclic amines) is 1. The number of amides is 1. The van der Waals surface area contributed by atoms with Gasteiger partial charge in [0.2, 0.25) is 6.29 Å². The molecule has 1 atom stereocenters. The molecule has 1 saturated heterocycles. The maximum absolute atomic E-state index is 11.5. The van der Waals surface area contributed by atoms with Gasteiger partial charge in [-0.3, -0.25) is 0 Å². The Morgan fingerprint density at radius 1 is 1.29 bits per heavy atom. The summed E-state index contributed by atoms with van der Waals surface area (Å²) in [6.07, 6.45) is 1.48. The average molecular weight is 201 g/mol. The third kappa shape index (κ3) is 2.87. The van der Waals surface area contributed by atoms with E-state index in [9.17, 15) is 4.79 Å². The summed E-state index contributed by atoms with van der Waals surface area (Å²) in [5.74, 6) is 0.187. The Labute approximate surface area is 85.2 Å². The van der Waals surface area contributed by atoms with E-state index >= 15 is 0 Å². The molecule has 0 saturated carbocycles. The van der Waals surface area contributed by atoms with Crippen LogP contribution in [0.4, 0.5) is 4.79 Å². The minimum absolute atomic E-state index is 0.187. The van der Waals surface area contributed by atoms with Gasteiger partial charge in [0, 0.05) is 26.1 Å². The lowest BCUT2D eigenvalue weighted by atomic mass is 10.2. The van der Waals surface area contributed by atoms with Crippen LogP contribution in [0.25, 0.3) is 0 Å². The minimum Gasteiger partial charge on any atom is -0.419 e. The molecule has 82 valence electrons. The van der Waals surface area contributed by atoms with E-state index < -0.39 is 6.29 Å². The zero-order chi connectivity index (χ0) is 10.6. The SMILES string of the molecule is COC(OC(=O)N1CCCC1)C(C)C. The maximum Gasteiger partial charge on any atom is 0.412 e. The molecule has 1 heterocycles. The van der Waals surface area contributed by atoms with Crippen LogP contribution in [0.15, 0.2) is 0 Å². The third-order valence-corrected chi connectivity index (χ3v) is 2.36. The Bertz CT molecular complexity index is 188. The van der Waals surface area contributed by atoms with Crippen LogP contribution in [0, 0.1) is 5.92 Å². The molecule has 1 aliphatic rings. The predicted molar refractivity (Wildman–Crippen MR) is 52.9 cm³/mol. The molecule has 0 spiro atoms. The van der Waals surface area contributed by atoms with Crippen molar-refractivity contribution in [2.75, 3.05) is 20.2 Å². The number of carbonyl (C=O) groups excluding carboxylic acids is 1. The number of hydrogen-bond donors (Lipinski definition) is 0. The number of nitrogens with zero attached hydrogens (tertiary/aromatic N) is 1. The van der Waals surface area contributed by atoms with Crippen molar-refractivity contribution >= 4 is 6.09 Å². The Hall–Kier alpha value is -0.770. The van der Waals surface area contributed by atoms with Gasteiger partial charge >= 0.3 is 6.09 Å². The van der Waals surface area contributed by atoms with E-state index in [0.717, 1.165) is 25.9 Å². The highest BCUT2D eigenvalue weighted by molar-refractivity contribution is 5.68. The van der Waals surface area contributed by atoms with Crippen molar-refractivity contribution in [2.24, 2.45) is 5.92 Å². The van der Waals surface area contributed by atoms with Crippen molar-refractivity contribution in [3.63, 3.8) is 0 Å². The molecule has 0 radical (unpaired) electrons. The van der Waals surface area contributed by atoms with Crippen LogP contribution in [0.2, 0.25) is 0 Å². The van der Waals surface area contributed by atoms with Gasteiger partial charge in [0.15, 0.2) is 0 Å². The van der Waals surface area contributed by atoms with Gasteiger partial charge in [-0.15, -0.1) is 0 Å². The summed E-state index contributed by atoms with van der Waals surface area (Å²) >= 11 is 0. The number of carbonyl (C=O) groups is 1. The van der Waals surface area contributed by atoms with Crippen molar-refractivity contribution in [1.29, 1.82) is 0 Å². The van der Waals surface area contributed by atoms with Gasteiger partial charge < -0.3 is 14.4 Å². The molecule has 0 aromatic rings. The summed E-state index contributed by atoms with van der Waals surface area (Å²) in [6.45, 7) is 5.55. The second kappa shape index (κ2) is 5.20. The van der Waals surface area contributed by atoms with Crippen LogP contribution in [-0.2, 0) is 9.47 Å². The Morgan fingerprint density at radius 3 is 2.29 bits per heavy atom. The first-order chi connectivity index (χ1) is 6.65. The molecule has 14 heavy (non-hydrogen) atoms. The molecule has 0 aliphatic carbocycles. The molecule has 0 N–H and O–H groups in total. The van der Waals surface area contributed by atoms with Crippen molar-refractivity contribution in [1.82, 2.24) is 4.90 Å². The molecule has 1 aliphatic heterocycles. The van der Waals surface area contributed by atoms with Crippen LogP contribution in [0.3, 0.4) is 0 Å². The highest BCUT2D eigenvalue weighted by atomic mass is 16.7. The summed E-state index contributed by atoms with van der Waals surface area (Å²) in [7, 11) is 1.56. The van der Waals surface area contributed by atoms with E-state index in [0.29, 0.717) is 0 Å². The zero-order valence-corrected chi connectivity index (χ0v) is 9.16. The Balaban J connectivity index is 2.37. The van der Waals surface area contributed by atoms with Crippen LogP contribution in [0.5, 0.6) is 0 Å². The van der Waals surface area contributed by atoms with Gasteiger partial charge in [0.05, 0.1) is 0 Å². The third-order valence-electron chi connectivity index (χ3n) is 2.36. The van der Waals surface area contributed by atoms with Gasteiger partial charge in [0.25, 0.3) is 0 Å². The summed E-state index contributed by atoms with van der Waals surface area (Å²) in [6, 6.07) is 0. The number of hydrogen-bond acceptors (Lipinski definition) is 3. The topological polar surface area (TPSA) is 38.8 Å². The molecular formula is C10H19NO3. The second-order valence-electron chi connectivity index (χ2n) is 3.93. The Morgan fingerprint density at radius 2 is 1.86 bits per heavy atom. The molecule has 1 unspecified atom stereocenters. The largest absolute Gasteiger partial charge is 0.419 e. The predicted octanol–water partition coefficient (Wildman–Crippen LogP) is 1.85. The fraction of sp³-hybridized carbons (Fsp3) is 0.900. The molecule has 0 aromatic heterocycles. The zero-order valence-electron chi connectivity index (χ0n) is 9.16. The smallest absolute Gasteiger partial charge is 0.412 e. The van der Waals surface area contributed by atoms with E-state index in [1.807, 2.05) is 13.8 Å². The van der Waals surface area contributed by atoms with Crippen molar-refractivity contribution < 1.29 is 14.3 Å². The summed E-state index contributed by atoms with van der Waals surface area (Å²) in [5.41, 5.74) is 0. The van der Waals surface area contributed by atoms with E-state index in [-0.39, 0.29) is 12.0 Å².